The molecule has 2 aromatic carbocycles. The molecule has 0 saturated carbocycles. The Morgan fingerprint density at radius 1 is 1.04 bits per heavy atom. The summed E-state index contributed by atoms with van der Waals surface area (Å²) in [6.07, 6.45) is 4.25. The maximum atomic E-state index is 5.42. The van der Waals surface area contributed by atoms with E-state index < -0.39 is 0 Å². The number of rotatable bonds is 4. The summed E-state index contributed by atoms with van der Waals surface area (Å²) in [5.74, 6) is 0.874. The van der Waals surface area contributed by atoms with E-state index >= 15 is 0 Å². The van der Waals surface area contributed by atoms with Gasteiger partial charge in [-0.05, 0) is 35.4 Å². The molecule has 1 saturated heterocycles. The van der Waals surface area contributed by atoms with Gasteiger partial charge in [0.2, 0.25) is 0 Å². The van der Waals surface area contributed by atoms with Gasteiger partial charge in [0.05, 0.1) is 30.5 Å². The number of hydrogen-bond donors (Lipinski definition) is 0. The molecule has 5 heteroatoms. The zero-order chi connectivity index (χ0) is 17.1. The van der Waals surface area contributed by atoms with Crippen molar-refractivity contribution >= 4 is 38.8 Å². The van der Waals surface area contributed by atoms with Crippen molar-refractivity contribution in [3.05, 3.63) is 53.6 Å². The summed E-state index contributed by atoms with van der Waals surface area (Å²) in [6, 6.07) is 14.5. The Bertz CT molecular complexity index is 880. The van der Waals surface area contributed by atoms with Crippen LogP contribution in [0.1, 0.15) is 11.1 Å². The minimum atomic E-state index is 0.784. The standard InChI is InChI=1S/C20H20N2O2S/c1-23-17-7-4-15(5-8-17)2-3-16-6-9-18-19(14-16)25-20(21-18)22-10-12-24-13-11-22/h2-9,14H,10-13H2,1H3/b3-2+. The average molecular weight is 352 g/mol. The molecule has 0 bridgehead atoms. The molecular formula is C20H20N2O2S. The van der Waals surface area contributed by atoms with E-state index in [1.165, 1.54) is 10.3 Å². The highest BCUT2D eigenvalue weighted by Gasteiger charge is 2.15. The molecule has 0 radical (unpaired) electrons. The fourth-order valence-corrected chi connectivity index (χ4v) is 3.90. The first-order valence-electron chi connectivity index (χ1n) is 8.37. The number of morpholine rings is 1. The van der Waals surface area contributed by atoms with E-state index in [1.807, 2.05) is 12.1 Å². The van der Waals surface area contributed by atoms with Gasteiger partial charge in [-0.15, -0.1) is 0 Å². The molecule has 1 aliphatic heterocycles. The van der Waals surface area contributed by atoms with Crippen molar-refractivity contribution in [3.63, 3.8) is 0 Å². The van der Waals surface area contributed by atoms with Crippen LogP contribution in [-0.2, 0) is 4.74 Å². The Hall–Kier alpha value is -2.37. The van der Waals surface area contributed by atoms with Gasteiger partial charge in [-0.25, -0.2) is 4.98 Å². The number of benzene rings is 2. The molecule has 1 aromatic heterocycles. The van der Waals surface area contributed by atoms with E-state index in [-0.39, 0.29) is 0 Å². The summed E-state index contributed by atoms with van der Waals surface area (Å²) in [5.41, 5.74) is 3.40. The van der Waals surface area contributed by atoms with Crippen LogP contribution in [0.4, 0.5) is 5.13 Å². The number of methoxy groups -OCH3 is 1. The van der Waals surface area contributed by atoms with E-state index in [1.54, 1.807) is 18.4 Å². The van der Waals surface area contributed by atoms with Gasteiger partial charge in [0, 0.05) is 13.1 Å². The number of nitrogens with zero attached hydrogens (tertiary/aromatic N) is 2. The monoisotopic (exact) mass is 352 g/mol. The van der Waals surface area contributed by atoms with Gasteiger partial charge in [0.1, 0.15) is 5.75 Å². The average Bonchev–Trinajstić information content (AvgIpc) is 3.11. The van der Waals surface area contributed by atoms with Gasteiger partial charge < -0.3 is 14.4 Å². The number of aromatic nitrogens is 1. The zero-order valence-electron chi connectivity index (χ0n) is 14.1. The number of ether oxygens (including phenoxy) is 2. The van der Waals surface area contributed by atoms with Crippen molar-refractivity contribution in [1.29, 1.82) is 0 Å². The summed E-state index contributed by atoms with van der Waals surface area (Å²) in [6.45, 7) is 3.41. The number of thiazole rings is 1. The van der Waals surface area contributed by atoms with E-state index in [4.69, 9.17) is 14.5 Å². The predicted octanol–water partition coefficient (Wildman–Crippen LogP) is 4.31. The third kappa shape index (κ3) is 3.67. The Morgan fingerprint density at radius 2 is 1.76 bits per heavy atom. The van der Waals surface area contributed by atoms with Crippen molar-refractivity contribution in [2.24, 2.45) is 0 Å². The Labute approximate surface area is 151 Å². The first-order valence-corrected chi connectivity index (χ1v) is 9.19. The molecule has 0 spiro atoms. The number of fused-ring (bicyclic) bond motifs is 1. The van der Waals surface area contributed by atoms with Gasteiger partial charge in [0.25, 0.3) is 0 Å². The van der Waals surface area contributed by atoms with Crippen LogP contribution in [0, 0.1) is 0 Å². The maximum Gasteiger partial charge on any atom is 0.186 e. The normalized spacial score (nSPS) is 15.2. The number of hydrogen-bond acceptors (Lipinski definition) is 5. The topological polar surface area (TPSA) is 34.6 Å². The molecule has 3 aromatic rings. The van der Waals surface area contributed by atoms with Crippen LogP contribution in [0.15, 0.2) is 42.5 Å². The summed E-state index contributed by atoms with van der Waals surface area (Å²) in [5, 5.41) is 1.09. The lowest BCUT2D eigenvalue weighted by atomic mass is 10.1. The molecule has 0 N–H and O–H groups in total. The molecule has 1 aliphatic rings. The third-order valence-corrected chi connectivity index (χ3v) is 5.35. The van der Waals surface area contributed by atoms with Crippen LogP contribution >= 0.6 is 11.3 Å². The second-order valence-electron chi connectivity index (χ2n) is 5.93. The lowest BCUT2D eigenvalue weighted by molar-refractivity contribution is 0.122. The highest BCUT2D eigenvalue weighted by molar-refractivity contribution is 7.22. The Balaban J connectivity index is 1.54. The molecule has 128 valence electrons. The largest absolute Gasteiger partial charge is 0.497 e. The van der Waals surface area contributed by atoms with Crippen molar-refractivity contribution in [1.82, 2.24) is 4.98 Å². The Kier molecular flexibility index (Phi) is 4.68. The number of anilines is 1. The van der Waals surface area contributed by atoms with Crippen molar-refractivity contribution in [2.75, 3.05) is 38.3 Å². The molecule has 0 amide bonds. The second kappa shape index (κ2) is 7.25. The molecule has 4 rings (SSSR count). The van der Waals surface area contributed by atoms with E-state index in [0.717, 1.165) is 48.3 Å². The molecule has 1 fully saturated rings. The van der Waals surface area contributed by atoms with Crippen molar-refractivity contribution in [2.45, 2.75) is 0 Å². The van der Waals surface area contributed by atoms with Gasteiger partial charge in [-0.1, -0.05) is 41.7 Å². The SMILES string of the molecule is COc1ccc(/C=C/c2ccc3nc(N4CCOCC4)sc3c2)cc1. The molecule has 0 unspecified atom stereocenters. The fourth-order valence-electron chi connectivity index (χ4n) is 2.83. The minimum Gasteiger partial charge on any atom is -0.497 e. The molecule has 0 atom stereocenters. The third-order valence-electron chi connectivity index (χ3n) is 4.27. The van der Waals surface area contributed by atoms with Gasteiger partial charge >= 0.3 is 0 Å². The van der Waals surface area contributed by atoms with Crippen molar-refractivity contribution < 1.29 is 9.47 Å². The Morgan fingerprint density at radius 3 is 2.52 bits per heavy atom. The van der Waals surface area contributed by atoms with E-state index in [2.05, 4.69) is 47.4 Å². The first kappa shape index (κ1) is 16.1. The fraction of sp³-hybridized carbons (Fsp3) is 0.250. The minimum absolute atomic E-state index is 0.784. The smallest absolute Gasteiger partial charge is 0.186 e. The predicted molar refractivity (Wildman–Crippen MR) is 105 cm³/mol. The van der Waals surface area contributed by atoms with Crippen LogP contribution in [-0.4, -0.2) is 38.4 Å². The first-order chi connectivity index (χ1) is 12.3. The van der Waals surface area contributed by atoms with Crippen LogP contribution in [0.3, 0.4) is 0 Å². The zero-order valence-corrected chi connectivity index (χ0v) is 15.0. The molecule has 2 heterocycles. The van der Waals surface area contributed by atoms with Gasteiger partial charge in [0.15, 0.2) is 5.13 Å². The van der Waals surface area contributed by atoms with Crippen LogP contribution in [0.5, 0.6) is 5.75 Å². The molecule has 25 heavy (non-hydrogen) atoms. The molecule has 4 nitrogen and oxygen atoms in total. The van der Waals surface area contributed by atoms with Crippen LogP contribution < -0.4 is 9.64 Å². The highest BCUT2D eigenvalue weighted by atomic mass is 32.1. The summed E-state index contributed by atoms with van der Waals surface area (Å²) < 4.78 is 11.8. The van der Waals surface area contributed by atoms with Crippen LogP contribution in [0.2, 0.25) is 0 Å². The highest BCUT2D eigenvalue weighted by Crippen LogP contribution is 2.30. The summed E-state index contributed by atoms with van der Waals surface area (Å²) in [4.78, 5) is 7.07. The maximum absolute atomic E-state index is 5.42. The van der Waals surface area contributed by atoms with Crippen LogP contribution in [0.25, 0.3) is 22.4 Å². The van der Waals surface area contributed by atoms with E-state index in [9.17, 15) is 0 Å². The van der Waals surface area contributed by atoms with Gasteiger partial charge in [-0.3, -0.25) is 0 Å². The van der Waals surface area contributed by atoms with Crippen molar-refractivity contribution in [3.8, 4) is 5.75 Å². The molecular weight excluding hydrogens is 332 g/mol. The van der Waals surface area contributed by atoms with Gasteiger partial charge in [-0.2, -0.15) is 0 Å². The van der Waals surface area contributed by atoms with E-state index in [0.29, 0.717) is 0 Å². The lowest BCUT2D eigenvalue weighted by Crippen LogP contribution is -2.36. The second-order valence-corrected chi connectivity index (χ2v) is 6.94. The quantitative estimate of drug-likeness (QED) is 0.655. The summed E-state index contributed by atoms with van der Waals surface area (Å²) in [7, 11) is 1.68. The summed E-state index contributed by atoms with van der Waals surface area (Å²) >= 11 is 1.75. The molecule has 0 aliphatic carbocycles. The lowest BCUT2D eigenvalue weighted by Gasteiger charge is -2.25.